The van der Waals surface area contributed by atoms with E-state index in [1.807, 2.05) is 0 Å². The molecule has 1 N–H and O–H groups in total. The number of ether oxygens (including phenoxy) is 2. The lowest BCUT2D eigenvalue weighted by atomic mass is 10.0. The first-order valence-electron chi connectivity index (χ1n) is 13.6. The van der Waals surface area contributed by atoms with Gasteiger partial charge in [0, 0.05) is 35.2 Å². The van der Waals surface area contributed by atoms with Crippen molar-refractivity contribution in [2.24, 2.45) is 0 Å². The molecule has 0 saturated heterocycles. The molecular formula is C30H30F2N6O6S. The Morgan fingerprint density at radius 3 is 2.24 bits per heavy atom. The quantitative estimate of drug-likeness (QED) is 0.140. The van der Waals surface area contributed by atoms with Gasteiger partial charge in [0.2, 0.25) is 5.88 Å². The number of carbonyl (C=O) groups is 2. The Balaban J connectivity index is 1.95. The molecule has 2 aromatic carbocycles. The molecule has 4 aromatic rings. The molecule has 15 heteroatoms. The fourth-order valence-electron chi connectivity index (χ4n) is 4.31. The van der Waals surface area contributed by atoms with E-state index in [4.69, 9.17) is 9.47 Å². The molecule has 45 heavy (non-hydrogen) atoms. The van der Waals surface area contributed by atoms with Crippen LogP contribution >= 0.6 is 11.3 Å². The summed E-state index contributed by atoms with van der Waals surface area (Å²) in [6.45, 7) is 1.40. The number of amides is 2. The number of thiophene rings is 1. The van der Waals surface area contributed by atoms with Crippen LogP contribution in [0.15, 0.2) is 54.6 Å². The fraction of sp³-hybridized carbons (Fsp3) is 0.267. The van der Waals surface area contributed by atoms with Gasteiger partial charge < -0.3 is 19.7 Å². The van der Waals surface area contributed by atoms with Crippen LogP contribution in [0.2, 0.25) is 0 Å². The van der Waals surface area contributed by atoms with Crippen LogP contribution in [0.25, 0.3) is 10.4 Å². The number of aromatic nitrogens is 2. The summed E-state index contributed by atoms with van der Waals surface area (Å²) in [6, 6.07) is 12.0. The van der Waals surface area contributed by atoms with Gasteiger partial charge in [0.25, 0.3) is 11.6 Å². The Labute approximate surface area is 261 Å². The molecule has 2 heterocycles. The molecule has 12 nitrogen and oxygen atoms in total. The summed E-state index contributed by atoms with van der Waals surface area (Å²) in [5, 5.41) is 21.9. The normalized spacial score (nSPS) is 10.9. The molecule has 236 valence electrons. The number of rotatable bonds is 12. The highest BCUT2D eigenvalue weighted by molar-refractivity contribution is 7.20. The van der Waals surface area contributed by atoms with E-state index in [1.165, 1.54) is 49.6 Å². The number of nitro benzene ring substituents is 1. The number of carbonyl (C=O) groups excluding carboxylic acids is 2. The average Bonchev–Trinajstić information content (AvgIpc) is 3.38. The number of nitrogens with zero attached hydrogens (tertiary/aromatic N) is 5. The average molecular weight is 641 g/mol. The standard InChI is InChI=1S/C30H30F2N6O6S/c1-5-15-44-30(40)37(17-20-22(31)7-6-8-23(20)32)29-26(28(39)33-24-13-14-25(43-4)35-34-24)21(16-36(2)3)27(45-29)18-9-11-19(12-10-18)38(41)42/h6-14H,5,15-17H2,1-4H3,(H,33,34,39). The largest absolute Gasteiger partial charge is 0.480 e. The lowest BCUT2D eigenvalue weighted by Crippen LogP contribution is -2.33. The van der Waals surface area contributed by atoms with Crippen molar-refractivity contribution in [3.8, 4) is 16.3 Å². The fourth-order valence-corrected chi connectivity index (χ4v) is 5.62. The maximum Gasteiger partial charge on any atom is 0.415 e. The number of hydrogen-bond donors (Lipinski definition) is 1. The number of halogens is 2. The van der Waals surface area contributed by atoms with Crippen molar-refractivity contribution in [1.82, 2.24) is 15.1 Å². The third kappa shape index (κ3) is 7.74. The van der Waals surface area contributed by atoms with Gasteiger partial charge in [-0.3, -0.25) is 19.8 Å². The van der Waals surface area contributed by atoms with E-state index < -0.39 is 40.7 Å². The molecule has 0 atom stereocenters. The zero-order valence-corrected chi connectivity index (χ0v) is 25.7. The number of nitro groups is 1. The van der Waals surface area contributed by atoms with Gasteiger partial charge in [-0.25, -0.2) is 13.6 Å². The molecule has 0 radical (unpaired) electrons. The summed E-state index contributed by atoms with van der Waals surface area (Å²) < 4.78 is 40.2. The Morgan fingerprint density at radius 2 is 1.69 bits per heavy atom. The van der Waals surface area contributed by atoms with E-state index in [0.717, 1.165) is 28.4 Å². The van der Waals surface area contributed by atoms with Crippen LogP contribution in [0.3, 0.4) is 0 Å². The van der Waals surface area contributed by atoms with Crippen LogP contribution in [0, 0.1) is 21.7 Å². The van der Waals surface area contributed by atoms with Gasteiger partial charge in [-0.05, 0) is 62.0 Å². The summed E-state index contributed by atoms with van der Waals surface area (Å²) in [7, 11) is 4.96. The molecule has 4 rings (SSSR count). The van der Waals surface area contributed by atoms with E-state index in [9.17, 15) is 28.5 Å². The summed E-state index contributed by atoms with van der Waals surface area (Å²) in [5.41, 5.74) is 0.448. The van der Waals surface area contributed by atoms with Crippen molar-refractivity contribution in [1.29, 1.82) is 0 Å². The van der Waals surface area contributed by atoms with E-state index in [2.05, 4.69) is 15.5 Å². The Hall–Kier alpha value is -5.02. The lowest BCUT2D eigenvalue weighted by Gasteiger charge is -2.23. The number of methoxy groups -OCH3 is 1. The van der Waals surface area contributed by atoms with Crippen molar-refractivity contribution in [2.45, 2.75) is 26.4 Å². The number of hydrogen-bond acceptors (Lipinski definition) is 10. The Morgan fingerprint density at radius 1 is 1.00 bits per heavy atom. The minimum atomic E-state index is -0.925. The molecule has 0 bridgehead atoms. The zero-order chi connectivity index (χ0) is 32.7. The summed E-state index contributed by atoms with van der Waals surface area (Å²) in [6.07, 6.45) is -0.452. The Kier molecular flexibility index (Phi) is 10.7. The van der Waals surface area contributed by atoms with Crippen molar-refractivity contribution < 1.29 is 32.8 Å². The first kappa shape index (κ1) is 32.9. The van der Waals surface area contributed by atoms with Gasteiger partial charge in [-0.2, -0.15) is 0 Å². The van der Waals surface area contributed by atoms with Crippen molar-refractivity contribution >= 4 is 39.8 Å². The van der Waals surface area contributed by atoms with Crippen molar-refractivity contribution in [2.75, 3.05) is 38.0 Å². The molecule has 0 fully saturated rings. The molecule has 0 aliphatic heterocycles. The number of non-ortho nitro benzene ring substituents is 1. The minimum absolute atomic E-state index is 0.0171. The first-order chi connectivity index (χ1) is 21.5. The second-order valence-corrected chi connectivity index (χ2v) is 10.9. The van der Waals surface area contributed by atoms with Gasteiger partial charge >= 0.3 is 6.09 Å². The van der Waals surface area contributed by atoms with Crippen molar-refractivity contribution in [3.63, 3.8) is 0 Å². The van der Waals surface area contributed by atoms with Crippen LogP contribution in [-0.2, 0) is 17.8 Å². The predicted molar refractivity (Wildman–Crippen MR) is 165 cm³/mol. The summed E-state index contributed by atoms with van der Waals surface area (Å²) in [5.74, 6) is -2.17. The highest BCUT2D eigenvalue weighted by Gasteiger charge is 2.33. The van der Waals surface area contributed by atoms with Gasteiger partial charge in [0.05, 0.1) is 30.7 Å². The van der Waals surface area contributed by atoms with Crippen molar-refractivity contribution in [3.05, 3.63) is 93.0 Å². The maximum atomic E-state index is 14.9. The van der Waals surface area contributed by atoms with Gasteiger partial charge in [0.1, 0.15) is 16.6 Å². The number of benzene rings is 2. The topological polar surface area (TPSA) is 140 Å². The second kappa shape index (κ2) is 14.6. The van der Waals surface area contributed by atoms with Crippen LogP contribution in [0.5, 0.6) is 5.88 Å². The van der Waals surface area contributed by atoms with Crippen LogP contribution < -0.4 is 15.0 Å². The number of nitrogens with one attached hydrogen (secondary N) is 1. The molecule has 0 aliphatic rings. The monoisotopic (exact) mass is 640 g/mol. The third-order valence-corrected chi connectivity index (χ3v) is 7.70. The van der Waals surface area contributed by atoms with E-state index in [0.29, 0.717) is 22.4 Å². The van der Waals surface area contributed by atoms with Gasteiger partial charge in [-0.15, -0.1) is 21.5 Å². The van der Waals surface area contributed by atoms with Gasteiger partial charge in [-0.1, -0.05) is 13.0 Å². The highest BCUT2D eigenvalue weighted by Crippen LogP contribution is 2.44. The third-order valence-electron chi connectivity index (χ3n) is 6.39. The molecular weight excluding hydrogens is 610 g/mol. The second-order valence-electron chi connectivity index (χ2n) is 9.95. The molecule has 2 aromatic heterocycles. The molecule has 0 saturated carbocycles. The van der Waals surface area contributed by atoms with Crippen LogP contribution in [0.4, 0.5) is 30.1 Å². The predicted octanol–water partition coefficient (Wildman–Crippen LogP) is 6.27. The zero-order valence-electron chi connectivity index (χ0n) is 24.9. The molecule has 2 amide bonds. The van der Waals surface area contributed by atoms with Crippen LogP contribution in [0.1, 0.15) is 34.8 Å². The van der Waals surface area contributed by atoms with E-state index in [1.54, 1.807) is 25.9 Å². The van der Waals surface area contributed by atoms with E-state index >= 15 is 0 Å². The summed E-state index contributed by atoms with van der Waals surface area (Å²) in [4.78, 5) is 41.7. The highest BCUT2D eigenvalue weighted by atomic mass is 32.1. The lowest BCUT2D eigenvalue weighted by molar-refractivity contribution is -0.384. The molecule has 0 aliphatic carbocycles. The Bertz CT molecular complexity index is 1660. The molecule has 0 spiro atoms. The maximum absolute atomic E-state index is 14.9. The molecule has 0 unspecified atom stereocenters. The first-order valence-corrected chi connectivity index (χ1v) is 14.5. The minimum Gasteiger partial charge on any atom is -0.480 e. The van der Waals surface area contributed by atoms with E-state index in [-0.39, 0.29) is 41.1 Å². The number of anilines is 2. The van der Waals surface area contributed by atoms with Gasteiger partial charge in [0.15, 0.2) is 5.82 Å². The SMILES string of the molecule is CCCOC(=O)N(Cc1c(F)cccc1F)c1sc(-c2ccc([N+](=O)[O-])cc2)c(CN(C)C)c1C(=O)Nc1ccc(OC)nn1. The summed E-state index contributed by atoms with van der Waals surface area (Å²) >= 11 is 1.01. The van der Waals surface area contributed by atoms with Crippen LogP contribution in [-0.4, -0.2) is 59.8 Å². The smallest absolute Gasteiger partial charge is 0.415 e.